The highest BCUT2D eigenvalue weighted by atomic mass is 19.1. The van der Waals surface area contributed by atoms with E-state index in [-0.39, 0.29) is 0 Å². The molecule has 0 saturated carbocycles. The van der Waals surface area contributed by atoms with E-state index < -0.39 is 5.82 Å². The molecule has 0 aliphatic heterocycles. The van der Waals surface area contributed by atoms with Crippen molar-refractivity contribution in [1.29, 1.82) is 0 Å². The van der Waals surface area contributed by atoms with Gasteiger partial charge < -0.3 is 5.73 Å². The van der Waals surface area contributed by atoms with Crippen LogP contribution in [0.2, 0.25) is 0 Å². The average molecular weight is 207 g/mol. The topological polar surface area (TPSA) is 69.6 Å². The minimum atomic E-state index is -0.433. The maximum atomic E-state index is 13.5. The lowest BCUT2D eigenvalue weighted by atomic mass is 10.2. The van der Waals surface area contributed by atoms with Crippen LogP contribution < -0.4 is 5.73 Å². The summed E-state index contributed by atoms with van der Waals surface area (Å²) in [6.07, 6.45) is 0.636. The molecule has 1 aromatic carbocycles. The minimum absolute atomic E-state index is 0.311. The van der Waals surface area contributed by atoms with Crippen molar-refractivity contribution in [3.05, 3.63) is 29.8 Å². The Bertz CT molecular complexity index is 479. The summed E-state index contributed by atoms with van der Waals surface area (Å²) in [4.78, 5) is 0. The zero-order chi connectivity index (χ0) is 10.8. The number of halogens is 1. The standard InChI is InChI=1S/C9H10FN5/c1-2-9-12-13-14-15(9)8-4-3-6(11)5-7(8)10/h3-5H,2,11H2,1H3. The van der Waals surface area contributed by atoms with Crippen molar-refractivity contribution in [2.45, 2.75) is 13.3 Å². The van der Waals surface area contributed by atoms with Crippen molar-refractivity contribution in [2.24, 2.45) is 0 Å². The minimum Gasteiger partial charge on any atom is -0.399 e. The molecule has 0 saturated heterocycles. The molecule has 1 aromatic heterocycles. The molecule has 0 atom stereocenters. The molecule has 0 unspecified atom stereocenters. The predicted molar refractivity (Wildman–Crippen MR) is 52.9 cm³/mol. The summed E-state index contributed by atoms with van der Waals surface area (Å²) in [6, 6.07) is 4.41. The fourth-order valence-corrected chi connectivity index (χ4v) is 1.31. The van der Waals surface area contributed by atoms with Crippen LogP contribution in [0, 0.1) is 5.82 Å². The van der Waals surface area contributed by atoms with Gasteiger partial charge in [-0.25, -0.2) is 4.39 Å². The first-order chi connectivity index (χ1) is 7.22. The Labute approximate surface area is 85.7 Å². The zero-order valence-electron chi connectivity index (χ0n) is 8.18. The molecule has 0 aliphatic rings. The molecule has 6 heteroatoms. The Balaban J connectivity index is 2.54. The molecule has 2 rings (SSSR count). The molecule has 0 fully saturated rings. The SMILES string of the molecule is CCc1nnnn1-c1ccc(N)cc1F. The van der Waals surface area contributed by atoms with Crippen LogP contribution in [0.3, 0.4) is 0 Å². The van der Waals surface area contributed by atoms with E-state index in [0.29, 0.717) is 23.6 Å². The van der Waals surface area contributed by atoms with E-state index in [0.717, 1.165) is 0 Å². The Kier molecular flexibility index (Phi) is 2.32. The highest BCUT2D eigenvalue weighted by Gasteiger charge is 2.10. The number of hydrogen-bond donors (Lipinski definition) is 1. The van der Waals surface area contributed by atoms with Crippen LogP contribution in [0.1, 0.15) is 12.7 Å². The second-order valence-electron chi connectivity index (χ2n) is 3.07. The predicted octanol–water partition coefficient (Wildman–Crippen LogP) is 0.946. The lowest BCUT2D eigenvalue weighted by Gasteiger charge is -2.04. The lowest BCUT2D eigenvalue weighted by molar-refractivity contribution is 0.603. The third-order valence-electron chi connectivity index (χ3n) is 2.05. The summed E-state index contributed by atoms with van der Waals surface area (Å²) in [7, 11) is 0. The van der Waals surface area contributed by atoms with Crippen molar-refractivity contribution >= 4 is 5.69 Å². The van der Waals surface area contributed by atoms with Gasteiger partial charge in [-0.2, -0.15) is 4.68 Å². The number of benzene rings is 1. The number of anilines is 1. The Hall–Kier alpha value is -1.98. The number of nitrogen functional groups attached to an aromatic ring is 1. The van der Waals surface area contributed by atoms with Crippen LogP contribution in [0.4, 0.5) is 10.1 Å². The molecule has 0 aliphatic carbocycles. The summed E-state index contributed by atoms with van der Waals surface area (Å²) in [5, 5.41) is 11.0. The van der Waals surface area contributed by atoms with E-state index >= 15 is 0 Å². The highest BCUT2D eigenvalue weighted by Crippen LogP contribution is 2.16. The normalized spacial score (nSPS) is 10.5. The molecule has 5 nitrogen and oxygen atoms in total. The Morgan fingerprint density at radius 1 is 1.47 bits per heavy atom. The second-order valence-corrected chi connectivity index (χ2v) is 3.07. The van der Waals surface area contributed by atoms with E-state index in [4.69, 9.17) is 5.73 Å². The monoisotopic (exact) mass is 207 g/mol. The first-order valence-electron chi connectivity index (χ1n) is 4.55. The van der Waals surface area contributed by atoms with E-state index in [1.54, 1.807) is 12.1 Å². The van der Waals surface area contributed by atoms with Crippen LogP contribution in [0.5, 0.6) is 0 Å². The van der Waals surface area contributed by atoms with Crippen LogP contribution in [0.25, 0.3) is 5.69 Å². The number of aromatic nitrogens is 4. The summed E-state index contributed by atoms with van der Waals surface area (Å²) in [6.45, 7) is 1.90. The van der Waals surface area contributed by atoms with Gasteiger partial charge in [0.25, 0.3) is 0 Å². The van der Waals surface area contributed by atoms with Gasteiger partial charge in [-0.05, 0) is 28.6 Å². The quantitative estimate of drug-likeness (QED) is 0.744. The van der Waals surface area contributed by atoms with Gasteiger partial charge in [0.2, 0.25) is 0 Å². The van der Waals surface area contributed by atoms with Gasteiger partial charge >= 0.3 is 0 Å². The maximum Gasteiger partial charge on any atom is 0.156 e. The van der Waals surface area contributed by atoms with Gasteiger partial charge in [0, 0.05) is 12.1 Å². The van der Waals surface area contributed by atoms with Crippen LogP contribution in [-0.2, 0) is 6.42 Å². The van der Waals surface area contributed by atoms with Gasteiger partial charge in [-0.1, -0.05) is 6.92 Å². The van der Waals surface area contributed by atoms with Gasteiger partial charge in [0.1, 0.15) is 5.69 Å². The van der Waals surface area contributed by atoms with Crippen LogP contribution >= 0.6 is 0 Å². The first kappa shape index (κ1) is 9.57. The van der Waals surface area contributed by atoms with Gasteiger partial charge in [-0.3, -0.25) is 0 Å². The number of rotatable bonds is 2. The highest BCUT2D eigenvalue weighted by molar-refractivity contribution is 5.46. The summed E-state index contributed by atoms with van der Waals surface area (Å²) in [5.41, 5.74) is 6.14. The molecule has 15 heavy (non-hydrogen) atoms. The molecular weight excluding hydrogens is 197 g/mol. The smallest absolute Gasteiger partial charge is 0.156 e. The van der Waals surface area contributed by atoms with Gasteiger partial charge in [0.15, 0.2) is 11.6 Å². The van der Waals surface area contributed by atoms with E-state index in [1.165, 1.54) is 10.7 Å². The third kappa shape index (κ3) is 1.65. The molecule has 1 heterocycles. The van der Waals surface area contributed by atoms with Crippen molar-refractivity contribution in [3.63, 3.8) is 0 Å². The van der Waals surface area contributed by atoms with E-state index in [1.807, 2.05) is 6.92 Å². The Morgan fingerprint density at radius 3 is 2.93 bits per heavy atom. The number of tetrazole rings is 1. The van der Waals surface area contributed by atoms with Crippen molar-refractivity contribution in [1.82, 2.24) is 20.2 Å². The molecule has 2 aromatic rings. The molecule has 2 N–H and O–H groups in total. The molecule has 0 radical (unpaired) electrons. The van der Waals surface area contributed by atoms with Crippen molar-refractivity contribution in [2.75, 3.05) is 5.73 Å². The largest absolute Gasteiger partial charge is 0.399 e. The van der Waals surface area contributed by atoms with Gasteiger partial charge in [-0.15, -0.1) is 5.10 Å². The molecular formula is C9H10FN5. The van der Waals surface area contributed by atoms with Crippen LogP contribution in [-0.4, -0.2) is 20.2 Å². The lowest BCUT2D eigenvalue weighted by Crippen LogP contribution is -2.05. The molecule has 0 bridgehead atoms. The third-order valence-corrected chi connectivity index (χ3v) is 2.05. The summed E-state index contributed by atoms with van der Waals surface area (Å²) >= 11 is 0. The fourth-order valence-electron chi connectivity index (χ4n) is 1.31. The van der Waals surface area contributed by atoms with E-state index in [2.05, 4.69) is 15.5 Å². The second kappa shape index (κ2) is 3.64. The maximum absolute atomic E-state index is 13.5. The number of nitrogens with two attached hydrogens (primary N) is 1. The Morgan fingerprint density at radius 2 is 2.27 bits per heavy atom. The van der Waals surface area contributed by atoms with Crippen molar-refractivity contribution < 1.29 is 4.39 Å². The average Bonchev–Trinajstić information content (AvgIpc) is 2.65. The first-order valence-corrected chi connectivity index (χ1v) is 4.55. The fraction of sp³-hybridized carbons (Fsp3) is 0.222. The number of hydrogen-bond acceptors (Lipinski definition) is 4. The van der Waals surface area contributed by atoms with E-state index in [9.17, 15) is 4.39 Å². The summed E-state index contributed by atoms with van der Waals surface area (Å²) in [5.74, 6) is 0.177. The molecule has 0 amide bonds. The van der Waals surface area contributed by atoms with Gasteiger partial charge in [0.05, 0.1) is 0 Å². The molecule has 0 spiro atoms. The van der Waals surface area contributed by atoms with Crippen LogP contribution in [0.15, 0.2) is 18.2 Å². The number of nitrogens with zero attached hydrogens (tertiary/aromatic N) is 4. The van der Waals surface area contributed by atoms with Crippen molar-refractivity contribution in [3.8, 4) is 5.69 Å². The summed E-state index contributed by atoms with van der Waals surface area (Å²) < 4.78 is 14.9. The number of aryl methyl sites for hydroxylation is 1. The zero-order valence-corrected chi connectivity index (χ0v) is 8.18. The molecule has 78 valence electrons.